The van der Waals surface area contributed by atoms with Crippen LogP contribution in [0.25, 0.3) is 11.4 Å². The lowest BCUT2D eigenvalue weighted by atomic mass is 9.95. The Kier molecular flexibility index (Phi) is 4.54. The number of aryl methyl sites for hydroxylation is 2. The molecule has 168 valence electrons. The monoisotopic (exact) mass is 446 g/mol. The van der Waals surface area contributed by atoms with Gasteiger partial charge < -0.3 is 14.0 Å². The normalized spacial score (nSPS) is 21.1. The van der Waals surface area contributed by atoms with Crippen LogP contribution in [0.5, 0.6) is 11.5 Å². The highest BCUT2D eigenvalue weighted by molar-refractivity contribution is 5.87. The average molecular weight is 446 g/mol. The number of rotatable bonds is 4. The Morgan fingerprint density at radius 3 is 2.91 bits per heavy atom. The first-order chi connectivity index (χ1) is 16.0. The highest BCUT2D eigenvalue weighted by atomic mass is 16.7. The van der Waals surface area contributed by atoms with Crippen molar-refractivity contribution in [2.24, 2.45) is 5.10 Å². The summed E-state index contributed by atoms with van der Waals surface area (Å²) in [7, 11) is 0. The molecule has 1 fully saturated rings. The predicted octanol–water partition coefficient (Wildman–Crippen LogP) is 2.69. The largest absolute Gasteiger partial charge is 0.454 e. The molecule has 10 heteroatoms. The molecule has 0 saturated carbocycles. The van der Waals surface area contributed by atoms with E-state index in [9.17, 15) is 4.79 Å². The van der Waals surface area contributed by atoms with Gasteiger partial charge in [0.1, 0.15) is 18.9 Å². The minimum absolute atomic E-state index is 0.0475. The molecule has 33 heavy (non-hydrogen) atoms. The zero-order valence-electron chi connectivity index (χ0n) is 18.2. The third-order valence-electron chi connectivity index (χ3n) is 6.15. The molecule has 0 bridgehead atoms. The van der Waals surface area contributed by atoms with E-state index >= 15 is 0 Å². The molecule has 3 aliphatic rings. The molecule has 2 atom stereocenters. The van der Waals surface area contributed by atoms with Crippen LogP contribution in [0.1, 0.15) is 35.0 Å². The van der Waals surface area contributed by atoms with E-state index < -0.39 is 0 Å². The van der Waals surface area contributed by atoms with Crippen LogP contribution < -0.4 is 14.9 Å². The molecule has 0 aliphatic carbocycles. The van der Waals surface area contributed by atoms with Crippen molar-refractivity contribution in [1.82, 2.24) is 25.6 Å². The van der Waals surface area contributed by atoms with Gasteiger partial charge in [0, 0.05) is 5.56 Å². The van der Waals surface area contributed by atoms with Crippen LogP contribution >= 0.6 is 0 Å². The highest BCUT2D eigenvalue weighted by Crippen LogP contribution is 2.35. The van der Waals surface area contributed by atoms with Crippen LogP contribution in [0.2, 0.25) is 0 Å². The topological polar surface area (TPSA) is 105 Å². The number of fused-ring (bicyclic) bond motifs is 2. The van der Waals surface area contributed by atoms with Crippen molar-refractivity contribution >= 4 is 12.2 Å². The van der Waals surface area contributed by atoms with Gasteiger partial charge in [-0.1, -0.05) is 28.9 Å². The minimum atomic E-state index is -0.344. The smallest absolute Gasteiger partial charge is 0.267 e. The van der Waals surface area contributed by atoms with Gasteiger partial charge in [-0.25, -0.2) is 10.4 Å². The molecular weight excluding hydrogens is 424 g/mol. The number of hydrazone groups is 1. The highest BCUT2D eigenvalue weighted by Gasteiger charge is 2.41. The van der Waals surface area contributed by atoms with Gasteiger partial charge in [-0.05, 0) is 49.6 Å². The summed E-state index contributed by atoms with van der Waals surface area (Å²) in [5.74, 6) is 1.93. The van der Waals surface area contributed by atoms with Gasteiger partial charge in [-0.3, -0.25) is 9.80 Å². The zero-order valence-corrected chi connectivity index (χ0v) is 18.2. The maximum Gasteiger partial charge on any atom is 0.267 e. The quantitative estimate of drug-likeness (QED) is 0.652. The summed E-state index contributed by atoms with van der Waals surface area (Å²) >= 11 is 0. The summed E-state index contributed by atoms with van der Waals surface area (Å²) in [5.41, 5.74) is 7.73. The predicted molar refractivity (Wildman–Crippen MR) is 117 cm³/mol. The summed E-state index contributed by atoms with van der Waals surface area (Å²) in [6.45, 7) is 4.46. The fraction of sp³-hybridized carbons (Fsp3) is 0.304. The van der Waals surface area contributed by atoms with Crippen molar-refractivity contribution in [1.29, 1.82) is 0 Å². The van der Waals surface area contributed by atoms with Gasteiger partial charge in [-0.2, -0.15) is 10.1 Å². The molecule has 2 unspecified atom stereocenters. The molecule has 1 amide bonds. The second kappa shape index (κ2) is 7.59. The SMILES string of the molecule is Cc1ccc(C)c(C2CC3C(=O)N(Cc4nc(-c5ccc6c(c5)OCO6)no4)N=CN3N2)c1. The van der Waals surface area contributed by atoms with E-state index in [2.05, 4.69) is 52.7 Å². The standard InChI is InChI=1S/C23H22N6O4/c1-13-3-4-14(2)16(7-13)17-9-18-23(30)28(24-11-29(18)26-17)10-21-25-22(27-33-21)15-5-6-19-20(8-15)32-12-31-19/h3-8,11,17-18,26H,9-10,12H2,1-2H3. The summed E-state index contributed by atoms with van der Waals surface area (Å²) in [5, 5.41) is 11.5. The number of aromatic nitrogens is 2. The lowest BCUT2D eigenvalue weighted by molar-refractivity contribution is -0.137. The van der Waals surface area contributed by atoms with Gasteiger partial charge in [0.2, 0.25) is 18.5 Å². The summed E-state index contributed by atoms with van der Waals surface area (Å²) in [6.07, 6.45) is 2.30. The zero-order chi connectivity index (χ0) is 22.5. The number of ether oxygens (including phenoxy) is 2. The van der Waals surface area contributed by atoms with Gasteiger partial charge in [-0.15, -0.1) is 0 Å². The number of amides is 1. The van der Waals surface area contributed by atoms with Crippen molar-refractivity contribution in [2.45, 2.75) is 38.9 Å². The molecule has 0 radical (unpaired) electrons. The van der Waals surface area contributed by atoms with Crippen molar-refractivity contribution in [3.05, 3.63) is 59.0 Å². The van der Waals surface area contributed by atoms with Gasteiger partial charge in [0.15, 0.2) is 11.5 Å². The summed E-state index contributed by atoms with van der Waals surface area (Å²) < 4.78 is 16.1. The van der Waals surface area contributed by atoms with Crippen LogP contribution in [0, 0.1) is 13.8 Å². The fourth-order valence-electron chi connectivity index (χ4n) is 4.39. The van der Waals surface area contributed by atoms with E-state index in [1.54, 1.807) is 23.5 Å². The first kappa shape index (κ1) is 19.7. The van der Waals surface area contributed by atoms with Crippen LogP contribution in [0.15, 0.2) is 46.0 Å². The molecule has 4 heterocycles. The molecule has 0 spiro atoms. The van der Waals surface area contributed by atoms with Crippen molar-refractivity contribution < 1.29 is 18.8 Å². The summed E-state index contributed by atoms with van der Waals surface area (Å²) in [6, 6.07) is 11.5. The molecule has 3 aromatic rings. The van der Waals surface area contributed by atoms with Gasteiger partial charge in [0.25, 0.3) is 5.91 Å². The molecule has 3 aliphatic heterocycles. The number of hydrazine groups is 1. The third kappa shape index (κ3) is 3.48. The number of nitrogens with one attached hydrogen (secondary N) is 1. The van der Waals surface area contributed by atoms with E-state index in [0.29, 0.717) is 29.6 Å². The first-order valence-electron chi connectivity index (χ1n) is 10.7. The van der Waals surface area contributed by atoms with Crippen molar-refractivity contribution in [3.8, 4) is 22.9 Å². The third-order valence-corrected chi connectivity index (χ3v) is 6.15. The first-order valence-corrected chi connectivity index (χ1v) is 10.7. The van der Waals surface area contributed by atoms with E-state index in [4.69, 9.17) is 14.0 Å². The van der Waals surface area contributed by atoms with Crippen LogP contribution in [-0.4, -0.2) is 45.2 Å². The Bertz CT molecular complexity index is 1270. The molecular formula is C23H22N6O4. The molecule has 1 saturated heterocycles. The Balaban J connectivity index is 1.16. The second-order valence-corrected chi connectivity index (χ2v) is 8.41. The second-order valence-electron chi connectivity index (χ2n) is 8.41. The molecule has 2 aromatic carbocycles. The number of benzene rings is 2. The molecule has 6 rings (SSSR count). The number of hydrogen-bond donors (Lipinski definition) is 1. The van der Waals surface area contributed by atoms with Crippen molar-refractivity contribution in [2.75, 3.05) is 6.79 Å². The van der Waals surface area contributed by atoms with Gasteiger partial charge >= 0.3 is 0 Å². The number of carbonyl (C=O) groups is 1. The van der Waals surface area contributed by atoms with Crippen LogP contribution in [0.4, 0.5) is 0 Å². The number of hydrogen-bond acceptors (Lipinski definition) is 9. The Morgan fingerprint density at radius 2 is 2.00 bits per heavy atom. The lowest BCUT2D eigenvalue weighted by Gasteiger charge is -2.29. The van der Waals surface area contributed by atoms with E-state index in [1.807, 2.05) is 6.07 Å². The molecule has 10 nitrogen and oxygen atoms in total. The maximum atomic E-state index is 13.2. The van der Waals surface area contributed by atoms with Crippen LogP contribution in [-0.2, 0) is 11.3 Å². The minimum Gasteiger partial charge on any atom is -0.454 e. The Morgan fingerprint density at radius 1 is 1.12 bits per heavy atom. The molecule has 1 N–H and O–H groups in total. The Labute approximate surface area is 189 Å². The van der Waals surface area contributed by atoms with E-state index in [1.165, 1.54) is 21.7 Å². The Hall–Kier alpha value is -3.92. The van der Waals surface area contributed by atoms with E-state index in [0.717, 1.165) is 5.56 Å². The number of nitrogens with zero attached hydrogens (tertiary/aromatic N) is 5. The van der Waals surface area contributed by atoms with E-state index in [-0.39, 0.29) is 31.3 Å². The summed E-state index contributed by atoms with van der Waals surface area (Å²) in [4.78, 5) is 17.6. The maximum absolute atomic E-state index is 13.2. The average Bonchev–Trinajstić information content (AvgIpc) is 3.56. The van der Waals surface area contributed by atoms with Crippen LogP contribution in [0.3, 0.4) is 0 Å². The number of carbonyl (C=O) groups excluding carboxylic acids is 1. The fourth-order valence-corrected chi connectivity index (χ4v) is 4.39. The van der Waals surface area contributed by atoms with Gasteiger partial charge in [0.05, 0.1) is 6.04 Å². The molecule has 1 aromatic heterocycles. The van der Waals surface area contributed by atoms with Crippen molar-refractivity contribution in [3.63, 3.8) is 0 Å². The lowest BCUT2D eigenvalue weighted by Crippen LogP contribution is -2.50.